The maximum Gasteiger partial charge on any atom is 0.326 e. The van der Waals surface area contributed by atoms with Gasteiger partial charge in [0.1, 0.15) is 6.04 Å². The van der Waals surface area contributed by atoms with Gasteiger partial charge in [0.15, 0.2) is 0 Å². The summed E-state index contributed by atoms with van der Waals surface area (Å²) in [5.41, 5.74) is 6.13. The van der Waals surface area contributed by atoms with Gasteiger partial charge in [-0.25, -0.2) is 9.59 Å². The van der Waals surface area contributed by atoms with Gasteiger partial charge in [0.25, 0.3) is 5.91 Å². The average molecular weight is 335 g/mol. The number of carboxylic acids is 1. The summed E-state index contributed by atoms with van der Waals surface area (Å²) in [6, 6.07) is 4.96. The molecule has 0 saturated heterocycles. The lowest BCUT2D eigenvalue weighted by atomic mass is 9.88. The molecular weight excluding hydrogens is 310 g/mol. The highest BCUT2D eigenvalue weighted by atomic mass is 16.4. The van der Waals surface area contributed by atoms with Gasteiger partial charge in [0.2, 0.25) is 0 Å². The lowest BCUT2D eigenvalue weighted by molar-refractivity contribution is -0.139. The first-order valence-corrected chi connectivity index (χ1v) is 7.74. The van der Waals surface area contributed by atoms with Gasteiger partial charge in [-0.15, -0.1) is 0 Å². The highest BCUT2D eigenvalue weighted by Crippen LogP contribution is 2.21. The standard InChI is InChI=1S/C17H25N3O4/c1-17(2,3)9-8-13(15(22)23)20-14(21)12-6-4-11(5-7-12)10-19-16(18)24/h4-7,13H,8-10H2,1-3H3,(H,20,21)(H,22,23)(H3,18,19,24). The van der Waals surface area contributed by atoms with Gasteiger partial charge in [-0.3, -0.25) is 4.79 Å². The third kappa shape index (κ3) is 7.13. The zero-order chi connectivity index (χ0) is 18.3. The molecule has 0 heterocycles. The summed E-state index contributed by atoms with van der Waals surface area (Å²) in [6.45, 7) is 6.33. The minimum Gasteiger partial charge on any atom is -0.480 e. The fraction of sp³-hybridized carbons (Fsp3) is 0.471. The van der Waals surface area contributed by atoms with Crippen LogP contribution >= 0.6 is 0 Å². The number of benzene rings is 1. The third-order valence-electron chi connectivity index (χ3n) is 3.47. The average Bonchev–Trinajstić information content (AvgIpc) is 2.48. The van der Waals surface area contributed by atoms with Crippen molar-refractivity contribution in [1.82, 2.24) is 10.6 Å². The van der Waals surface area contributed by atoms with Crippen LogP contribution in [0.25, 0.3) is 0 Å². The lowest BCUT2D eigenvalue weighted by Crippen LogP contribution is -2.41. The Morgan fingerprint density at radius 2 is 1.75 bits per heavy atom. The van der Waals surface area contributed by atoms with Gasteiger partial charge in [-0.2, -0.15) is 0 Å². The van der Waals surface area contributed by atoms with Crippen molar-refractivity contribution in [2.75, 3.05) is 0 Å². The summed E-state index contributed by atoms with van der Waals surface area (Å²) in [7, 11) is 0. The molecule has 132 valence electrons. The summed E-state index contributed by atoms with van der Waals surface area (Å²) in [4.78, 5) is 34.2. The van der Waals surface area contributed by atoms with Crippen LogP contribution in [0.15, 0.2) is 24.3 Å². The minimum absolute atomic E-state index is 0.00645. The van der Waals surface area contributed by atoms with E-state index in [2.05, 4.69) is 10.6 Å². The van der Waals surface area contributed by atoms with Gasteiger partial charge in [-0.1, -0.05) is 32.9 Å². The Labute approximate surface area is 141 Å². The third-order valence-corrected chi connectivity index (χ3v) is 3.47. The van der Waals surface area contributed by atoms with E-state index in [4.69, 9.17) is 5.73 Å². The van der Waals surface area contributed by atoms with E-state index < -0.39 is 23.9 Å². The number of hydrogen-bond donors (Lipinski definition) is 4. The van der Waals surface area contributed by atoms with E-state index >= 15 is 0 Å². The van der Waals surface area contributed by atoms with E-state index in [9.17, 15) is 19.5 Å². The second kappa shape index (κ2) is 8.33. The van der Waals surface area contributed by atoms with Crippen molar-refractivity contribution in [3.63, 3.8) is 0 Å². The van der Waals surface area contributed by atoms with Gasteiger partial charge < -0.3 is 21.5 Å². The molecular formula is C17H25N3O4. The molecule has 1 aromatic carbocycles. The summed E-state index contributed by atoms with van der Waals surface area (Å²) < 4.78 is 0. The molecule has 1 unspecified atom stereocenters. The predicted molar refractivity (Wildman–Crippen MR) is 90.4 cm³/mol. The summed E-state index contributed by atoms with van der Waals surface area (Å²) >= 11 is 0. The van der Waals surface area contributed by atoms with E-state index in [-0.39, 0.29) is 12.0 Å². The Hall–Kier alpha value is -2.57. The molecule has 1 atom stereocenters. The van der Waals surface area contributed by atoms with Crippen molar-refractivity contribution in [1.29, 1.82) is 0 Å². The molecule has 7 heteroatoms. The second-order valence-corrected chi connectivity index (χ2v) is 6.88. The van der Waals surface area contributed by atoms with Crippen LogP contribution in [0.5, 0.6) is 0 Å². The number of rotatable bonds is 7. The number of nitrogens with one attached hydrogen (secondary N) is 2. The molecule has 1 aromatic rings. The zero-order valence-corrected chi connectivity index (χ0v) is 14.3. The number of aliphatic carboxylic acids is 1. The molecule has 0 aliphatic carbocycles. The number of urea groups is 1. The van der Waals surface area contributed by atoms with E-state index in [1.807, 2.05) is 20.8 Å². The molecule has 0 saturated carbocycles. The van der Waals surface area contributed by atoms with E-state index in [0.717, 1.165) is 5.56 Å². The Balaban J connectivity index is 2.67. The van der Waals surface area contributed by atoms with Gasteiger partial charge in [0, 0.05) is 12.1 Å². The normalized spacial score (nSPS) is 12.3. The Bertz CT molecular complexity index is 591. The number of carbonyl (C=O) groups is 3. The van der Waals surface area contributed by atoms with Crippen molar-refractivity contribution < 1.29 is 19.5 Å². The van der Waals surface area contributed by atoms with Crippen LogP contribution in [-0.2, 0) is 11.3 Å². The summed E-state index contributed by atoms with van der Waals surface area (Å²) in [5, 5.41) is 14.3. The lowest BCUT2D eigenvalue weighted by Gasteiger charge is -2.21. The van der Waals surface area contributed by atoms with Crippen LogP contribution < -0.4 is 16.4 Å². The molecule has 0 aliphatic rings. The maximum atomic E-state index is 12.2. The fourth-order valence-corrected chi connectivity index (χ4v) is 2.04. The Kier molecular flexibility index (Phi) is 6.76. The summed E-state index contributed by atoms with van der Waals surface area (Å²) in [5.74, 6) is -1.49. The highest BCUT2D eigenvalue weighted by Gasteiger charge is 2.23. The van der Waals surface area contributed by atoms with E-state index in [0.29, 0.717) is 18.4 Å². The van der Waals surface area contributed by atoms with Crippen LogP contribution in [0.1, 0.15) is 49.5 Å². The van der Waals surface area contributed by atoms with Crippen LogP contribution in [0, 0.1) is 5.41 Å². The van der Waals surface area contributed by atoms with Crippen LogP contribution in [0.4, 0.5) is 4.79 Å². The minimum atomic E-state index is -1.05. The van der Waals surface area contributed by atoms with Crippen molar-refractivity contribution in [2.24, 2.45) is 11.1 Å². The quantitative estimate of drug-likeness (QED) is 0.607. The first-order valence-electron chi connectivity index (χ1n) is 7.74. The Morgan fingerprint density at radius 3 is 2.21 bits per heavy atom. The monoisotopic (exact) mass is 335 g/mol. The molecule has 5 N–H and O–H groups in total. The number of carbonyl (C=O) groups excluding carboxylic acids is 2. The van der Waals surface area contributed by atoms with Crippen molar-refractivity contribution >= 4 is 17.9 Å². The number of amides is 3. The molecule has 1 rings (SSSR count). The van der Waals surface area contributed by atoms with Crippen LogP contribution in [0.3, 0.4) is 0 Å². The number of primary amides is 1. The molecule has 24 heavy (non-hydrogen) atoms. The number of nitrogens with two attached hydrogens (primary N) is 1. The Morgan fingerprint density at radius 1 is 1.17 bits per heavy atom. The van der Waals surface area contributed by atoms with Crippen molar-refractivity contribution in [3.05, 3.63) is 35.4 Å². The number of hydrogen-bond acceptors (Lipinski definition) is 3. The summed E-state index contributed by atoms with van der Waals surface area (Å²) in [6.07, 6.45) is 1.05. The fourth-order valence-electron chi connectivity index (χ4n) is 2.04. The largest absolute Gasteiger partial charge is 0.480 e. The topological polar surface area (TPSA) is 122 Å². The van der Waals surface area contributed by atoms with Crippen LogP contribution in [0.2, 0.25) is 0 Å². The number of carboxylic acid groups (broad SMARTS) is 1. The zero-order valence-electron chi connectivity index (χ0n) is 14.3. The van der Waals surface area contributed by atoms with Gasteiger partial charge in [0.05, 0.1) is 0 Å². The van der Waals surface area contributed by atoms with Crippen molar-refractivity contribution in [2.45, 2.75) is 46.2 Å². The smallest absolute Gasteiger partial charge is 0.326 e. The maximum absolute atomic E-state index is 12.2. The molecule has 3 amide bonds. The molecule has 0 aromatic heterocycles. The molecule has 0 aliphatic heterocycles. The van der Waals surface area contributed by atoms with Gasteiger partial charge in [-0.05, 0) is 36.0 Å². The second-order valence-electron chi connectivity index (χ2n) is 6.88. The first-order chi connectivity index (χ1) is 11.1. The molecule has 0 radical (unpaired) electrons. The molecule has 7 nitrogen and oxygen atoms in total. The molecule has 0 fully saturated rings. The molecule has 0 spiro atoms. The van der Waals surface area contributed by atoms with Crippen molar-refractivity contribution in [3.8, 4) is 0 Å². The highest BCUT2D eigenvalue weighted by molar-refractivity contribution is 5.96. The van der Waals surface area contributed by atoms with E-state index in [1.165, 1.54) is 0 Å². The first kappa shape index (κ1) is 19.5. The predicted octanol–water partition coefficient (Wildman–Crippen LogP) is 1.86. The molecule has 0 bridgehead atoms. The van der Waals surface area contributed by atoms with E-state index in [1.54, 1.807) is 24.3 Å². The van der Waals surface area contributed by atoms with Gasteiger partial charge >= 0.3 is 12.0 Å². The van der Waals surface area contributed by atoms with Crippen LogP contribution in [-0.4, -0.2) is 29.1 Å². The SMILES string of the molecule is CC(C)(C)CCC(NC(=O)c1ccc(CNC(N)=O)cc1)C(=O)O.